The molecule has 0 spiro atoms. The van der Waals surface area contributed by atoms with Gasteiger partial charge in [-0.1, -0.05) is 30.7 Å². The SMILES string of the molecule is C=C(CC)CC(N)c1ccc(Cl)cn1. The Hall–Kier alpha value is -0.860. The van der Waals surface area contributed by atoms with Crippen LogP contribution in [0.25, 0.3) is 0 Å². The maximum absolute atomic E-state index is 5.96. The van der Waals surface area contributed by atoms with E-state index < -0.39 is 0 Å². The number of hydrogen-bond donors (Lipinski definition) is 1. The van der Waals surface area contributed by atoms with Crippen molar-refractivity contribution in [2.75, 3.05) is 0 Å². The van der Waals surface area contributed by atoms with Gasteiger partial charge in [-0.05, 0) is 25.0 Å². The van der Waals surface area contributed by atoms with Crippen LogP contribution in [0.4, 0.5) is 0 Å². The molecule has 0 fully saturated rings. The zero-order valence-electron chi connectivity index (χ0n) is 8.33. The summed E-state index contributed by atoms with van der Waals surface area (Å²) in [6.07, 6.45) is 3.36. The van der Waals surface area contributed by atoms with E-state index in [-0.39, 0.29) is 6.04 Å². The van der Waals surface area contributed by atoms with Gasteiger partial charge in [0.25, 0.3) is 0 Å². The van der Waals surface area contributed by atoms with E-state index in [0.717, 1.165) is 24.1 Å². The molecule has 1 heterocycles. The fourth-order valence-corrected chi connectivity index (χ4v) is 1.28. The van der Waals surface area contributed by atoms with Crippen molar-refractivity contribution in [3.8, 4) is 0 Å². The van der Waals surface area contributed by atoms with Crippen LogP contribution < -0.4 is 5.73 Å². The molecule has 0 aliphatic rings. The van der Waals surface area contributed by atoms with Gasteiger partial charge in [0.1, 0.15) is 0 Å². The second-order valence-corrected chi connectivity index (χ2v) is 3.75. The van der Waals surface area contributed by atoms with Crippen LogP contribution in [0.15, 0.2) is 30.5 Å². The molecule has 76 valence electrons. The predicted molar refractivity (Wildman–Crippen MR) is 60.2 cm³/mol. The minimum absolute atomic E-state index is 0.0697. The number of rotatable bonds is 4. The van der Waals surface area contributed by atoms with Gasteiger partial charge in [-0.25, -0.2) is 0 Å². The molecule has 0 amide bonds. The third-order valence-electron chi connectivity index (χ3n) is 2.14. The lowest BCUT2D eigenvalue weighted by molar-refractivity contribution is 0.679. The summed E-state index contributed by atoms with van der Waals surface area (Å²) < 4.78 is 0. The van der Waals surface area contributed by atoms with Crippen molar-refractivity contribution in [2.45, 2.75) is 25.8 Å². The first-order chi connectivity index (χ1) is 6.63. The van der Waals surface area contributed by atoms with E-state index in [2.05, 4.69) is 18.5 Å². The van der Waals surface area contributed by atoms with Gasteiger partial charge in [0.2, 0.25) is 0 Å². The van der Waals surface area contributed by atoms with Crippen LogP contribution in [0.3, 0.4) is 0 Å². The van der Waals surface area contributed by atoms with Crippen LogP contribution in [0.2, 0.25) is 5.02 Å². The summed E-state index contributed by atoms with van der Waals surface area (Å²) in [5, 5.41) is 0.635. The van der Waals surface area contributed by atoms with E-state index in [4.69, 9.17) is 17.3 Å². The lowest BCUT2D eigenvalue weighted by Gasteiger charge is -2.11. The second kappa shape index (κ2) is 5.13. The van der Waals surface area contributed by atoms with Crippen molar-refractivity contribution >= 4 is 11.6 Å². The van der Waals surface area contributed by atoms with Gasteiger partial charge in [-0.2, -0.15) is 0 Å². The lowest BCUT2D eigenvalue weighted by atomic mass is 10.0. The van der Waals surface area contributed by atoms with E-state index in [1.54, 1.807) is 12.3 Å². The van der Waals surface area contributed by atoms with Crippen LogP contribution in [0.1, 0.15) is 31.5 Å². The van der Waals surface area contributed by atoms with Crippen molar-refractivity contribution < 1.29 is 0 Å². The van der Waals surface area contributed by atoms with Crippen LogP contribution in [0, 0.1) is 0 Å². The molecule has 0 bridgehead atoms. The van der Waals surface area contributed by atoms with Crippen LogP contribution in [-0.2, 0) is 0 Å². The van der Waals surface area contributed by atoms with Gasteiger partial charge in [-0.15, -0.1) is 0 Å². The van der Waals surface area contributed by atoms with Gasteiger partial charge in [0.15, 0.2) is 0 Å². The standard InChI is InChI=1S/C11H15ClN2/c1-3-8(2)6-10(13)11-5-4-9(12)7-14-11/h4-5,7,10H,2-3,6,13H2,1H3. The monoisotopic (exact) mass is 210 g/mol. The summed E-state index contributed by atoms with van der Waals surface area (Å²) in [5.74, 6) is 0. The molecule has 1 unspecified atom stereocenters. The first-order valence-electron chi connectivity index (χ1n) is 4.67. The lowest BCUT2D eigenvalue weighted by Crippen LogP contribution is -2.12. The van der Waals surface area contributed by atoms with E-state index in [1.807, 2.05) is 6.07 Å². The summed E-state index contributed by atoms with van der Waals surface area (Å²) >= 11 is 5.73. The number of hydrogen-bond acceptors (Lipinski definition) is 2. The smallest absolute Gasteiger partial charge is 0.0589 e. The molecule has 2 N–H and O–H groups in total. The minimum atomic E-state index is -0.0697. The van der Waals surface area contributed by atoms with Crippen molar-refractivity contribution in [2.24, 2.45) is 5.73 Å². The second-order valence-electron chi connectivity index (χ2n) is 3.32. The number of pyridine rings is 1. The number of aromatic nitrogens is 1. The number of nitrogens with zero attached hydrogens (tertiary/aromatic N) is 1. The summed E-state index contributed by atoms with van der Waals surface area (Å²) in [7, 11) is 0. The van der Waals surface area contributed by atoms with Gasteiger partial charge >= 0.3 is 0 Å². The van der Waals surface area contributed by atoms with Crippen molar-refractivity contribution in [1.29, 1.82) is 0 Å². The van der Waals surface area contributed by atoms with E-state index in [9.17, 15) is 0 Å². The zero-order valence-corrected chi connectivity index (χ0v) is 9.09. The summed E-state index contributed by atoms with van der Waals surface area (Å²) in [4.78, 5) is 4.17. The van der Waals surface area contributed by atoms with Gasteiger partial charge in [0, 0.05) is 6.20 Å². The minimum Gasteiger partial charge on any atom is -0.322 e. The normalized spacial score (nSPS) is 12.5. The van der Waals surface area contributed by atoms with E-state index in [1.165, 1.54) is 0 Å². The quantitative estimate of drug-likeness (QED) is 0.776. The Balaban J connectivity index is 2.65. The van der Waals surface area contributed by atoms with Crippen LogP contribution >= 0.6 is 11.6 Å². The molecule has 1 atom stereocenters. The molecule has 3 heteroatoms. The average Bonchev–Trinajstić information content (AvgIpc) is 2.18. The average molecular weight is 211 g/mol. The highest BCUT2D eigenvalue weighted by Gasteiger charge is 2.07. The molecule has 0 aliphatic heterocycles. The maximum Gasteiger partial charge on any atom is 0.0589 e. The Kier molecular flexibility index (Phi) is 4.11. The first-order valence-corrected chi connectivity index (χ1v) is 5.05. The van der Waals surface area contributed by atoms with Crippen molar-refractivity contribution in [3.63, 3.8) is 0 Å². The fraction of sp³-hybridized carbons (Fsp3) is 0.364. The number of nitrogens with two attached hydrogens (primary N) is 1. The molecule has 0 saturated carbocycles. The Labute approximate surface area is 89.8 Å². The van der Waals surface area contributed by atoms with Crippen LogP contribution in [-0.4, -0.2) is 4.98 Å². The fourth-order valence-electron chi connectivity index (χ4n) is 1.17. The first kappa shape index (κ1) is 11.2. The van der Waals surface area contributed by atoms with Gasteiger partial charge in [0.05, 0.1) is 16.8 Å². The Morgan fingerprint density at radius 2 is 2.36 bits per heavy atom. The van der Waals surface area contributed by atoms with Crippen molar-refractivity contribution in [1.82, 2.24) is 4.98 Å². The zero-order chi connectivity index (χ0) is 10.6. The molecule has 14 heavy (non-hydrogen) atoms. The van der Waals surface area contributed by atoms with E-state index in [0.29, 0.717) is 5.02 Å². The maximum atomic E-state index is 5.96. The highest BCUT2D eigenvalue weighted by atomic mass is 35.5. The molecule has 2 nitrogen and oxygen atoms in total. The third kappa shape index (κ3) is 3.13. The van der Waals surface area contributed by atoms with E-state index >= 15 is 0 Å². The molecule has 0 aliphatic carbocycles. The molecule has 1 aromatic rings. The highest BCUT2D eigenvalue weighted by molar-refractivity contribution is 6.30. The Bertz CT molecular complexity index is 306. The van der Waals surface area contributed by atoms with Crippen LogP contribution in [0.5, 0.6) is 0 Å². The molecule has 1 rings (SSSR count). The highest BCUT2D eigenvalue weighted by Crippen LogP contribution is 2.18. The largest absolute Gasteiger partial charge is 0.322 e. The molecule has 0 radical (unpaired) electrons. The molecule has 1 aromatic heterocycles. The van der Waals surface area contributed by atoms with Crippen molar-refractivity contribution in [3.05, 3.63) is 41.2 Å². The molecular weight excluding hydrogens is 196 g/mol. The summed E-state index contributed by atoms with van der Waals surface area (Å²) in [6, 6.07) is 3.59. The molecule has 0 aromatic carbocycles. The Morgan fingerprint density at radius 3 is 2.86 bits per heavy atom. The number of halogens is 1. The summed E-state index contributed by atoms with van der Waals surface area (Å²) in [5.41, 5.74) is 7.97. The Morgan fingerprint density at radius 1 is 1.64 bits per heavy atom. The third-order valence-corrected chi connectivity index (χ3v) is 2.36. The van der Waals surface area contributed by atoms with Gasteiger partial charge in [-0.3, -0.25) is 4.98 Å². The molecular formula is C11H15ClN2. The topological polar surface area (TPSA) is 38.9 Å². The summed E-state index contributed by atoms with van der Waals surface area (Å²) in [6.45, 7) is 6.00. The molecule has 0 saturated heterocycles. The van der Waals surface area contributed by atoms with Gasteiger partial charge < -0.3 is 5.73 Å². The predicted octanol–water partition coefficient (Wildman–Crippen LogP) is 3.09.